The molecule has 0 saturated carbocycles. The van der Waals surface area contributed by atoms with Crippen molar-refractivity contribution >= 4 is 0 Å². The van der Waals surface area contributed by atoms with E-state index in [9.17, 15) is 5.11 Å². The van der Waals surface area contributed by atoms with E-state index in [-0.39, 0.29) is 5.75 Å². The molecule has 88 valence electrons. The monoisotopic (exact) mass is 228 g/mol. The van der Waals surface area contributed by atoms with Crippen LogP contribution in [0.15, 0.2) is 48.5 Å². The van der Waals surface area contributed by atoms with E-state index in [2.05, 4.69) is 0 Å². The van der Waals surface area contributed by atoms with Crippen molar-refractivity contribution in [2.24, 2.45) is 0 Å². The Balaban J connectivity index is 2.25. The molecule has 0 amide bonds. The number of phenols is 1. The molecule has 0 bridgehead atoms. The van der Waals surface area contributed by atoms with E-state index in [4.69, 9.17) is 4.74 Å². The Bertz CT molecular complexity index is 478. The average Bonchev–Trinajstić information content (AvgIpc) is 2.38. The molecule has 0 fully saturated rings. The SMILES string of the molecule is CCCOc1ccc(-c2ccccc2)cc1O. The normalized spacial score (nSPS) is 10.2. The second-order valence-corrected chi connectivity index (χ2v) is 3.90. The van der Waals surface area contributed by atoms with Crippen molar-refractivity contribution in [3.63, 3.8) is 0 Å². The highest BCUT2D eigenvalue weighted by atomic mass is 16.5. The highest BCUT2D eigenvalue weighted by molar-refractivity contribution is 5.66. The fourth-order valence-corrected chi connectivity index (χ4v) is 1.66. The van der Waals surface area contributed by atoms with Gasteiger partial charge in [-0.2, -0.15) is 0 Å². The largest absolute Gasteiger partial charge is 0.504 e. The third-order valence-corrected chi connectivity index (χ3v) is 2.53. The summed E-state index contributed by atoms with van der Waals surface area (Å²) >= 11 is 0. The van der Waals surface area contributed by atoms with Gasteiger partial charge in [0.1, 0.15) is 0 Å². The van der Waals surface area contributed by atoms with Gasteiger partial charge in [0.25, 0.3) is 0 Å². The molecular formula is C15H16O2. The first-order valence-electron chi connectivity index (χ1n) is 5.82. The summed E-state index contributed by atoms with van der Waals surface area (Å²) in [7, 11) is 0. The Hall–Kier alpha value is -1.96. The smallest absolute Gasteiger partial charge is 0.160 e. The van der Waals surface area contributed by atoms with Gasteiger partial charge in [0.2, 0.25) is 0 Å². The van der Waals surface area contributed by atoms with Gasteiger partial charge in [0.05, 0.1) is 6.61 Å². The second kappa shape index (κ2) is 5.39. The molecule has 0 aromatic heterocycles. The van der Waals surface area contributed by atoms with Crippen LogP contribution < -0.4 is 4.74 Å². The second-order valence-electron chi connectivity index (χ2n) is 3.90. The van der Waals surface area contributed by atoms with Gasteiger partial charge in [-0.05, 0) is 29.7 Å². The summed E-state index contributed by atoms with van der Waals surface area (Å²) in [6, 6.07) is 15.5. The molecule has 0 atom stereocenters. The first-order chi connectivity index (χ1) is 8.31. The molecule has 0 spiro atoms. The predicted octanol–water partition coefficient (Wildman–Crippen LogP) is 3.85. The maximum Gasteiger partial charge on any atom is 0.160 e. The number of ether oxygens (including phenoxy) is 1. The molecule has 2 rings (SSSR count). The number of benzene rings is 2. The number of rotatable bonds is 4. The fourth-order valence-electron chi connectivity index (χ4n) is 1.66. The standard InChI is InChI=1S/C15H16O2/c1-2-10-17-15-9-8-13(11-14(15)16)12-6-4-3-5-7-12/h3-9,11,16H,2,10H2,1H3. The lowest BCUT2D eigenvalue weighted by Crippen LogP contribution is -1.95. The van der Waals surface area contributed by atoms with Crippen LogP contribution in [0.2, 0.25) is 0 Å². The molecule has 1 N–H and O–H groups in total. The topological polar surface area (TPSA) is 29.5 Å². The zero-order chi connectivity index (χ0) is 12.1. The van der Waals surface area contributed by atoms with E-state index < -0.39 is 0 Å². The van der Waals surface area contributed by atoms with E-state index in [1.807, 2.05) is 49.4 Å². The van der Waals surface area contributed by atoms with Crippen LogP contribution in [0.3, 0.4) is 0 Å². The van der Waals surface area contributed by atoms with Gasteiger partial charge >= 0.3 is 0 Å². The van der Waals surface area contributed by atoms with Gasteiger partial charge in [-0.3, -0.25) is 0 Å². The molecule has 0 saturated heterocycles. The Morgan fingerprint density at radius 1 is 1.00 bits per heavy atom. The number of hydrogen-bond acceptors (Lipinski definition) is 2. The maximum absolute atomic E-state index is 9.85. The van der Waals surface area contributed by atoms with Crippen LogP contribution in [0.5, 0.6) is 11.5 Å². The maximum atomic E-state index is 9.85. The molecule has 17 heavy (non-hydrogen) atoms. The van der Waals surface area contributed by atoms with Crippen LogP contribution >= 0.6 is 0 Å². The molecule has 0 unspecified atom stereocenters. The van der Waals surface area contributed by atoms with Crippen LogP contribution in [0.25, 0.3) is 11.1 Å². The van der Waals surface area contributed by atoms with Crippen molar-refractivity contribution in [1.82, 2.24) is 0 Å². The highest BCUT2D eigenvalue weighted by Gasteiger charge is 2.04. The van der Waals surface area contributed by atoms with E-state index in [1.165, 1.54) is 0 Å². The summed E-state index contributed by atoms with van der Waals surface area (Å²) < 4.78 is 5.43. The Kier molecular flexibility index (Phi) is 3.66. The van der Waals surface area contributed by atoms with E-state index in [0.717, 1.165) is 17.5 Å². The summed E-state index contributed by atoms with van der Waals surface area (Å²) in [5, 5.41) is 9.85. The minimum atomic E-state index is 0.194. The lowest BCUT2D eigenvalue weighted by Gasteiger charge is -2.08. The molecule has 0 aliphatic heterocycles. The van der Waals surface area contributed by atoms with Crippen LogP contribution in [0.4, 0.5) is 0 Å². The number of aromatic hydroxyl groups is 1. The summed E-state index contributed by atoms with van der Waals surface area (Å²) in [4.78, 5) is 0. The van der Waals surface area contributed by atoms with E-state index in [1.54, 1.807) is 6.07 Å². The van der Waals surface area contributed by atoms with E-state index in [0.29, 0.717) is 12.4 Å². The molecular weight excluding hydrogens is 212 g/mol. The average molecular weight is 228 g/mol. The number of hydrogen-bond donors (Lipinski definition) is 1. The first kappa shape index (κ1) is 11.5. The predicted molar refractivity (Wildman–Crippen MR) is 69.3 cm³/mol. The lowest BCUT2D eigenvalue weighted by molar-refractivity contribution is 0.299. The van der Waals surface area contributed by atoms with Crippen LogP contribution in [-0.2, 0) is 0 Å². The van der Waals surface area contributed by atoms with Crippen molar-refractivity contribution in [2.75, 3.05) is 6.61 Å². The van der Waals surface area contributed by atoms with Gasteiger partial charge in [-0.25, -0.2) is 0 Å². The van der Waals surface area contributed by atoms with Crippen molar-refractivity contribution in [3.05, 3.63) is 48.5 Å². The zero-order valence-electron chi connectivity index (χ0n) is 9.89. The van der Waals surface area contributed by atoms with Crippen molar-refractivity contribution in [2.45, 2.75) is 13.3 Å². The van der Waals surface area contributed by atoms with Gasteiger partial charge in [0.15, 0.2) is 11.5 Å². The summed E-state index contributed by atoms with van der Waals surface area (Å²) in [6.45, 7) is 2.66. The molecule has 0 aliphatic rings. The Labute approximate surface area is 101 Å². The number of phenolic OH excluding ortho intramolecular Hbond substituents is 1. The zero-order valence-corrected chi connectivity index (χ0v) is 9.89. The Morgan fingerprint density at radius 2 is 1.76 bits per heavy atom. The minimum absolute atomic E-state index is 0.194. The molecule has 2 aromatic carbocycles. The fraction of sp³-hybridized carbons (Fsp3) is 0.200. The molecule has 0 radical (unpaired) electrons. The van der Waals surface area contributed by atoms with Crippen LogP contribution in [0.1, 0.15) is 13.3 Å². The van der Waals surface area contributed by atoms with Gasteiger partial charge in [-0.1, -0.05) is 43.3 Å². The van der Waals surface area contributed by atoms with Crippen molar-refractivity contribution < 1.29 is 9.84 Å². The molecule has 0 aliphatic carbocycles. The van der Waals surface area contributed by atoms with Crippen LogP contribution in [0, 0.1) is 0 Å². The quantitative estimate of drug-likeness (QED) is 0.861. The molecule has 2 aromatic rings. The molecule has 2 heteroatoms. The first-order valence-corrected chi connectivity index (χ1v) is 5.82. The lowest BCUT2D eigenvalue weighted by atomic mass is 10.1. The molecule has 2 nitrogen and oxygen atoms in total. The van der Waals surface area contributed by atoms with Crippen LogP contribution in [-0.4, -0.2) is 11.7 Å². The minimum Gasteiger partial charge on any atom is -0.504 e. The van der Waals surface area contributed by atoms with E-state index >= 15 is 0 Å². The Morgan fingerprint density at radius 3 is 2.41 bits per heavy atom. The van der Waals surface area contributed by atoms with Crippen molar-refractivity contribution in [3.8, 4) is 22.6 Å². The highest BCUT2D eigenvalue weighted by Crippen LogP contribution is 2.31. The van der Waals surface area contributed by atoms with Crippen molar-refractivity contribution in [1.29, 1.82) is 0 Å². The third-order valence-electron chi connectivity index (χ3n) is 2.53. The summed E-state index contributed by atoms with van der Waals surface area (Å²) in [5.74, 6) is 0.742. The summed E-state index contributed by atoms with van der Waals surface area (Å²) in [6.07, 6.45) is 0.930. The summed E-state index contributed by atoms with van der Waals surface area (Å²) in [5.41, 5.74) is 2.08. The third kappa shape index (κ3) is 2.78. The van der Waals surface area contributed by atoms with Gasteiger partial charge in [0, 0.05) is 0 Å². The molecule has 0 heterocycles. The van der Waals surface area contributed by atoms with Gasteiger partial charge in [-0.15, -0.1) is 0 Å². The van der Waals surface area contributed by atoms with Gasteiger partial charge < -0.3 is 9.84 Å².